The standard InChI is InChI=1S/C16H24N2O4S.ClH/c1-21-14-4-3-12(7-15(14)22-2)23-6-5-16(20)18-9-11-8-17-10-13(11)19;/h3-4,7,11,13,17,19H,5-6,8-10H2,1-2H3,(H,18,20);1H. The number of aliphatic hydroxyl groups is 1. The van der Waals surface area contributed by atoms with E-state index in [1.807, 2.05) is 18.2 Å². The van der Waals surface area contributed by atoms with Crippen molar-refractivity contribution in [1.82, 2.24) is 10.6 Å². The molecule has 6 nitrogen and oxygen atoms in total. The van der Waals surface area contributed by atoms with Gasteiger partial charge in [-0.05, 0) is 18.2 Å². The molecule has 1 fully saturated rings. The summed E-state index contributed by atoms with van der Waals surface area (Å²) < 4.78 is 10.5. The summed E-state index contributed by atoms with van der Waals surface area (Å²) in [6.45, 7) is 1.88. The molecular formula is C16H25ClN2O4S. The van der Waals surface area contributed by atoms with E-state index in [0.29, 0.717) is 36.8 Å². The molecule has 0 bridgehead atoms. The highest BCUT2D eigenvalue weighted by molar-refractivity contribution is 7.99. The van der Waals surface area contributed by atoms with E-state index in [1.54, 1.807) is 26.0 Å². The van der Waals surface area contributed by atoms with Crippen LogP contribution in [0.1, 0.15) is 6.42 Å². The molecule has 1 aromatic carbocycles. The highest BCUT2D eigenvalue weighted by Gasteiger charge is 2.24. The fraction of sp³-hybridized carbons (Fsp3) is 0.562. The molecular weight excluding hydrogens is 352 g/mol. The molecule has 1 amide bonds. The van der Waals surface area contributed by atoms with E-state index >= 15 is 0 Å². The summed E-state index contributed by atoms with van der Waals surface area (Å²) in [7, 11) is 3.21. The lowest BCUT2D eigenvalue weighted by molar-refractivity contribution is -0.120. The molecule has 1 heterocycles. The summed E-state index contributed by atoms with van der Waals surface area (Å²) in [5.41, 5.74) is 0. The van der Waals surface area contributed by atoms with Gasteiger partial charge in [0.25, 0.3) is 0 Å². The average Bonchev–Trinajstić information content (AvgIpc) is 2.97. The van der Waals surface area contributed by atoms with Crippen LogP contribution in [0.5, 0.6) is 11.5 Å². The predicted octanol–water partition coefficient (Wildman–Crippen LogP) is 1.30. The zero-order valence-electron chi connectivity index (χ0n) is 13.9. The summed E-state index contributed by atoms with van der Waals surface area (Å²) in [6.07, 6.45) is 0.0753. The monoisotopic (exact) mass is 376 g/mol. The first-order chi connectivity index (χ1) is 11.1. The van der Waals surface area contributed by atoms with Crippen molar-refractivity contribution in [3.8, 4) is 11.5 Å². The number of rotatable bonds is 8. The molecule has 0 aliphatic carbocycles. The lowest BCUT2D eigenvalue weighted by atomic mass is 10.1. The lowest BCUT2D eigenvalue weighted by Gasteiger charge is -2.14. The fourth-order valence-corrected chi connectivity index (χ4v) is 3.31. The van der Waals surface area contributed by atoms with E-state index in [1.165, 1.54) is 0 Å². The Morgan fingerprint density at radius 3 is 2.71 bits per heavy atom. The fourth-order valence-electron chi connectivity index (χ4n) is 2.43. The second kappa shape index (κ2) is 10.7. The Morgan fingerprint density at radius 1 is 1.33 bits per heavy atom. The molecule has 8 heteroatoms. The van der Waals surface area contributed by atoms with E-state index < -0.39 is 0 Å². The molecule has 2 unspecified atom stereocenters. The highest BCUT2D eigenvalue weighted by Crippen LogP contribution is 2.31. The van der Waals surface area contributed by atoms with Gasteiger partial charge in [-0.15, -0.1) is 24.2 Å². The molecule has 1 saturated heterocycles. The Kier molecular flexibility index (Phi) is 9.28. The Morgan fingerprint density at radius 2 is 2.08 bits per heavy atom. The number of hydrogen-bond donors (Lipinski definition) is 3. The van der Waals surface area contributed by atoms with Gasteiger partial charge in [0, 0.05) is 42.6 Å². The SMILES string of the molecule is COc1ccc(SCCC(=O)NCC2CNCC2O)cc1OC.Cl. The maximum absolute atomic E-state index is 11.8. The van der Waals surface area contributed by atoms with Gasteiger partial charge in [0.2, 0.25) is 5.91 Å². The maximum Gasteiger partial charge on any atom is 0.220 e. The van der Waals surface area contributed by atoms with Gasteiger partial charge in [-0.2, -0.15) is 0 Å². The molecule has 2 atom stereocenters. The first kappa shape index (κ1) is 20.9. The molecule has 0 aromatic heterocycles. The van der Waals surface area contributed by atoms with Gasteiger partial charge in [-0.1, -0.05) is 0 Å². The third-order valence-corrected chi connectivity index (χ3v) is 4.81. The van der Waals surface area contributed by atoms with Crippen molar-refractivity contribution in [2.24, 2.45) is 5.92 Å². The van der Waals surface area contributed by atoms with Crippen LogP contribution in [0.25, 0.3) is 0 Å². The van der Waals surface area contributed by atoms with Gasteiger partial charge in [-0.3, -0.25) is 4.79 Å². The number of methoxy groups -OCH3 is 2. The quantitative estimate of drug-likeness (QED) is 0.593. The molecule has 24 heavy (non-hydrogen) atoms. The van der Waals surface area contributed by atoms with E-state index in [0.717, 1.165) is 11.4 Å². The number of β-amino-alcohol motifs (C(OH)–C–C–N with tert-alkyl or cyclic N) is 1. The second-order valence-electron chi connectivity index (χ2n) is 5.41. The maximum atomic E-state index is 11.8. The summed E-state index contributed by atoms with van der Waals surface area (Å²) in [5.74, 6) is 2.18. The minimum atomic E-state index is -0.364. The summed E-state index contributed by atoms with van der Waals surface area (Å²) in [5, 5.41) is 15.7. The Balaban J connectivity index is 0.00000288. The molecule has 1 aromatic rings. The number of carbonyl (C=O) groups is 1. The van der Waals surface area contributed by atoms with Crippen LogP contribution in [0.4, 0.5) is 0 Å². The van der Waals surface area contributed by atoms with E-state index in [9.17, 15) is 9.90 Å². The summed E-state index contributed by atoms with van der Waals surface area (Å²) in [4.78, 5) is 12.9. The first-order valence-corrected chi connectivity index (χ1v) is 8.63. The topological polar surface area (TPSA) is 79.8 Å². The van der Waals surface area contributed by atoms with E-state index in [2.05, 4.69) is 10.6 Å². The molecule has 0 saturated carbocycles. The third-order valence-electron chi connectivity index (χ3n) is 3.82. The van der Waals surface area contributed by atoms with Gasteiger partial charge in [0.1, 0.15) is 0 Å². The van der Waals surface area contributed by atoms with E-state index in [-0.39, 0.29) is 30.3 Å². The predicted molar refractivity (Wildman–Crippen MR) is 97.5 cm³/mol. The normalized spacial score (nSPS) is 19.5. The number of halogens is 1. The number of amides is 1. The Labute approximate surface area is 153 Å². The lowest BCUT2D eigenvalue weighted by Crippen LogP contribution is -2.34. The van der Waals surface area contributed by atoms with Gasteiger partial charge >= 0.3 is 0 Å². The van der Waals surface area contributed by atoms with Crippen molar-refractivity contribution in [3.05, 3.63) is 18.2 Å². The third kappa shape index (κ3) is 6.05. The molecule has 1 aliphatic heterocycles. The van der Waals surface area contributed by atoms with Crippen LogP contribution in [0.15, 0.2) is 23.1 Å². The van der Waals surface area contributed by atoms with Crippen LogP contribution in [-0.4, -0.2) is 56.7 Å². The van der Waals surface area contributed by atoms with Crippen molar-refractivity contribution in [1.29, 1.82) is 0 Å². The van der Waals surface area contributed by atoms with Crippen LogP contribution in [-0.2, 0) is 4.79 Å². The minimum absolute atomic E-state index is 0. The number of aliphatic hydroxyl groups excluding tert-OH is 1. The number of nitrogens with one attached hydrogen (secondary N) is 2. The van der Waals surface area contributed by atoms with Crippen molar-refractivity contribution in [3.63, 3.8) is 0 Å². The average molecular weight is 377 g/mol. The van der Waals surface area contributed by atoms with E-state index in [4.69, 9.17) is 9.47 Å². The summed E-state index contributed by atoms with van der Waals surface area (Å²) >= 11 is 1.60. The number of benzene rings is 1. The van der Waals surface area contributed by atoms with Gasteiger partial charge in [0.05, 0.1) is 20.3 Å². The summed E-state index contributed by atoms with van der Waals surface area (Å²) in [6, 6.07) is 5.71. The highest BCUT2D eigenvalue weighted by atomic mass is 35.5. The molecule has 2 rings (SSSR count). The van der Waals surface area contributed by atoms with Gasteiger partial charge < -0.3 is 25.2 Å². The largest absolute Gasteiger partial charge is 0.493 e. The van der Waals surface area contributed by atoms with Crippen LogP contribution < -0.4 is 20.1 Å². The van der Waals surface area contributed by atoms with Gasteiger partial charge in [-0.25, -0.2) is 0 Å². The van der Waals surface area contributed by atoms with Crippen LogP contribution in [0, 0.1) is 5.92 Å². The number of ether oxygens (including phenoxy) is 2. The van der Waals surface area contributed by atoms with Crippen LogP contribution in [0.3, 0.4) is 0 Å². The first-order valence-electron chi connectivity index (χ1n) is 7.64. The minimum Gasteiger partial charge on any atom is -0.493 e. The molecule has 136 valence electrons. The zero-order chi connectivity index (χ0) is 16.7. The van der Waals surface area contributed by atoms with Gasteiger partial charge in [0.15, 0.2) is 11.5 Å². The van der Waals surface area contributed by atoms with Crippen molar-refractivity contribution >= 4 is 30.1 Å². The van der Waals surface area contributed by atoms with Crippen LogP contribution in [0.2, 0.25) is 0 Å². The van der Waals surface area contributed by atoms with Crippen molar-refractivity contribution in [2.45, 2.75) is 17.4 Å². The zero-order valence-corrected chi connectivity index (χ0v) is 15.5. The number of carbonyl (C=O) groups excluding carboxylic acids is 1. The smallest absolute Gasteiger partial charge is 0.220 e. The Bertz CT molecular complexity index is 533. The van der Waals surface area contributed by atoms with Crippen molar-refractivity contribution in [2.75, 3.05) is 39.6 Å². The van der Waals surface area contributed by atoms with Crippen molar-refractivity contribution < 1.29 is 19.4 Å². The molecule has 1 aliphatic rings. The number of thioether (sulfide) groups is 1. The molecule has 0 spiro atoms. The Hall–Kier alpha value is -1.15. The molecule has 0 radical (unpaired) electrons. The van der Waals surface area contributed by atoms with Crippen LogP contribution >= 0.6 is 24.2 Å². The number of hydrogen-bond acceptors (Lipinski definition) is 6. The second-order valence-corrected chi connectivity index (χ2v) is 6.57. The molecule has 3 N–H and O–H groups in total.